The summed E-state index contributed by atoms with van der Waals surface area (Å²) in [5.74, 6) is -2.98. The quantitative estimate of drug-likeness (QED) is 0.612. The Morgan fingerprint density at radius 3 is 2.16 bits per heavy atom. The molecule has 7 heteroatoms. The summed E-state index contributed by atoms with van der Waals surface area (Å²) < 4.78 is 0. The summed E-state index contributed by atoms with van der Waals surface area (Å²) in [4.78, 5) is 22.7. The molecule has 0 saturated heterocycles. The van der Waals surface area contributed by atoms with Crippen LogP contribution in [-0.4, -0.2) is 27.3 Å². The summed E-state index contributed by atoms with van der Waals surface area (Å²) in [5.41, 5.74) is -0.292. The van der Waals surface area contributed by atoms with Crippen LogP contribution in [0.5, 0.6) is 5.75 Å². The molecule has 3 aromatic rings. The highest BCUT2D eigenvalue weighted by atomic mass is 16.4. The van der Waals surface area contributed by atoms with Crippen LogP contribution >= 0.6 is 0 Å². The van der Waals surface area contributed by atoms with Gasteiger partial charge in [-0.1, -0.05) is 36.4 Å². The second kappa shape index (κ2) is 6.40. The van der Waals surface area contributed by atoms with Gasteiger partial charge in [0.25, 0.3) is 0 Å². The van der Waals surface area contributed by atoms with E-state index in [1.165, 1.54) is 18.2 Å². The number of azo groups is 1. The van der Waals surface area contributed by atoms with Crippen LogP contribution in [0.15, 0.2) is 64.8 Å². The van der Waals surface area contributed by atoms with Crippen molar-refractivity contribution in [3.8, 4) is 5.75 Å². The van der Waals surface area contributed by atoms with E-state index >= 15 is 0 Å². The second-order valence-corrected chi connectivity index (χ2v) is 5.17. The minimum absolute atomic E-state index is 0.0509. The fraction of sp³-hybridized carbons (Fsp3) is 0. The number of carboxylic acid groups (broad SMARTS) is 2. The van der Waals surface area contributed by atoms with Gasteiger partial charge in [0.15, 0.2) is 5.75 Å². The smallest absolute Gasteiger partial charge is 0.340 e. The predicted octanol–water partition coefficient (Wildman–Crippen LogP) is 4.36. The van der Waals surface area contributed by atoms with Crippen LogP contribution in [0.1, 0.15) is 20.7 Å². The maximum atomic E-state index is 11.5. The summed E-state index contributed by atoms with van der Waals surface area (Å²) in [7, 11) is 0. The molecule has 0 bridgehead atoms. The van der Waals surface area contributed by atoms with Crippen LogP contribution in [0, 0.1) is 0 Å². The Morgan fingerprint density at radius 1 is 0.800 bits per heavy atom. The van der Waals surface area contributed by atoms with Gasteiger partial charge in [0.2, 0.25) is 0 Å². The Balaban J connectivity index is 2.16. The molecule has 0 saturated carbocycles. The average molecular weight is 336 g/mol. The van der Waals surface area contributed by atoms with Crippen molar-refractivity contribution in [2.45, 2.75) is 0 Å². The number of hydrogen-bond donors (Lipinski definition) is 3. The molecule has 0 aliphatic carbocycles. The maximum absolute atomic E-state index is 11.5. The number of fused-ring (bicyclic) bond motifs is 1. The number of aromatic hydroxyl groups is 1. The molecule has 0 atom stereocenters. The molecule has 3 aromatic carbocycles. The molecule has 0 radical (unpaired) electrons. The molecule has 3 N–H and O–H groups in total. The van der Waals surface area contributed by atoms with Gasteiger partial charge in [-0.05, 0) is 23.6 Å². The normalized spacial score (nSPS) is 11.0. The molecule has 0 aliphatic rings. The van der Waals surface area contributed by atoms with E-state index in [1.54, 1.807) is 36.4 Å². The summed E-state index contributed by atoms with van der Waals surface area (Å²) in [6.07, 6.45) is 0. The van der Waals surface area contributed by atoms with Crippen molar-refractivity contribution in [2.24, 2.45) is 10.2 Å². The van der Waals surface area contributed by atoms with Crippen LogP contribution in [0.3, 0.4) is 0 Å². The molecule has 3 rings (SSSR count). The van der Waals surface area contributed by atoms with Gasteiger partial charge in [0.05, 0.1) is 5.56 Å². The molecule has 0 heterocycles. The largest absolute Gasteiger partial charge is 0.505 e. The van der Waals surface area contributed by atoms with Gasteiger partial charge in [0.1, 0.15) is 16.9 Å². The van der Waals surface area contributed by atoms with Gasteiger partial charge < -0.3 is 15.3 Å². The van der Waals surface area contributed by atoms with E-state index in [0.29, 0.717) is 10.8 Å². The highest BCUT2D eigenvalue weighted by molar-refractivity contribution is 6.08. The zero-order valence-corrected chi connectivity index (χ0v) is 12.7. The molecule has 0 unspecified atom stereocenters. The van der Waals surface area contributed by atoms with Crippen molar-refractivity contribution in [3.05, 3.63) is 65.7 Å². The van der Waals surface area contributed by atoms with Crippen molar-refractivity contribution < 1.29 is 24.9 Å². The SMILES string of the molecule is O=C(O)c1ccccc1/N=N/c1cc2ccccc2c(C(=O)O)c1O. The molecule has 0 aliphatic heterocycles. The molecule has 0 aromatic heterocycles. The van der Waals surface area contributed by atoms with E-state index in [0.717, 1.165) is 0 Å². The monoisotopic (exact) mass is 336 g/mol. The molecular formula is C18H12N2O5. The number of carboxylic acids is 2. The van der Waals surface area contributed by atoms with Gasteiger partial charge in [0, 0.05) is 5.39 Å². The van der Waals surface area contributed by atoms with E-state index in [4.69, 9.17) is 5.11 Å². The minimum atomic E-state index is -1.29. The fourth-order valence-electron chi connectivity index (χ4n) is 2.46. The van der Waals surface area contributed by atoms with Gasteiger partial charge in [-0.15, -0.1) is 10.2 Å². The molecular weight excluding hydrogens is 324 g/mol. The Kier molecular flexibility index (Phi) is 4.13. The van der Waals surface area contributed by atoms with Crippen LogP contribution in [0.2, 0.25) is 0 Å². The van der Waals surface area contributed by atoms with Gasteiger partial charge in [-0.3, -0.25) is 0 Å². The molecule has 0 spiro atoms. The first-order valence-electron chi connectivity index (χ1n) is 7.21. The highest BCUT2D eigenvalue weighted by Crippen LogP contribution is 2.37. The van der Waals surface area contributed by atoms with Crippen molar-refractivity contribution in [2.75, 3.05) is 0 Å². The first kappa shape index (κ1) is 16.1. The molecule has 0 fully saturated rings. The fourth-order valence-corrected chi connectivity index (χ4v) is 2.46. The highest BCUT2D eigenvalue weighted by Gasteiger charge is 2.18. The minimum Gasteiger partial charge on any atom is -0.505 e. The van der Waals surface area contributed by atoms with Gasteiger partial charge in [-0.25, -0.2) is 9.59 Å². The molecule has 7 nitrogen and oxygen atoms in total. The van der Waals surface area contributed by atoms with E-state index in [1.807, 2.05) is 0 Å². The van der Waals surface area contributed by atoms with E-state index in [2.05, 4.69) is 10.2 Å². The van der Waals surface area contributed by atoms with Crippen molar-refractivity contribution >= 4 is 34.1 Å². The van der Waals surface area contributed by atoms with Gasteiger partial charge >= 0.3 is 11.9 Å². The van der Waals surface area contributed by atoms with Crippen LogP contribution < -0.4 is 0 Å². The lowest BCUT2D eigenvalue weighted by Gasteiger charge is -2.07. The third-order valence-corrected chi connectivity index (χ3v) is 3.62. The third kappa shape index (κ3) is 3.02. The zero-order valence-electron chi connectivity index (χ0n) is 12.7. The average Bonchev–Trinajstić information content (AvgIpc) is 2.59. The number of carbonyl (C=O) groups is 2. The number of rotatable bonds is 4. The Bertz CT molecular complexity index is 1030. The number of aromatic carboxylic acids is 2. The second-order valence-electron chi connectivity index (χ2n) is 5.17. The zero-order chi connectivity index (χ0) is 18.0. The van der Waals surface area contributed by atoms with Crippen LogP contribution in [-0.2, 0) is 0 Å². The van der Waals surface area contributed by atoms with Crippen molar-refractivity contribution in [1.82, 2.24) is 0 Å². The van der Waals surface area contributed by atoms with E-state index in [-0.39, 0.29) is 22.5 Å². The lowest BCUT2D eigenvalue weighted by molar-refractivity contribution is 0.0686. The van der Waals surface area contributed by atoms with Gasteiger partial charge in [-0.2, -0.15) is 0 Å². The number of hydrogen-bond acceptors (Lipinski definition) is 5. The summed E-state index contributed by atoms with van der Waals surface area (Å²) >= 11 is 0. The van der Waals surface area contributed by atoms with Crippen molar-refractivity contribution in [1.29, 1.82) is 0 Å². The van der Waals surface area contributed by atoms with E-state index < -0.39 is 17.7 Å². The lowest BCUT2D eigenvalue weighted by atomic mass is 10.0. The topological polar surface area (TPSA) is 120 Å². The van der Waals surface area contributed by atoms with E-state index in [9.17, 15) is 19.8 Å². The van der Waals surface area contributed by atoms with Crippen molar-refractivity contribution in [3.63, 3.8) is 0 Å². The van der Waals surface area contributed by atoms with Crippen LogP contribution in [0.25, 0.3) is 10.8 Å². The number of phenols is 1. The summed E-state index contributed by atoms with van der Waals surface area (Å²) in [6.45, 7) is 0. The number of nitrogens with zero attached hydrogens (tertiary/aromatic N) is 2. The standard InChI is InChI=1S/C18H12N2O5/c21-16-14(20-19-13-8-4-3-7-12(13)17(22)23)9-10-5-1-2-6-11(10)15(16)18(24)25/h1-9,21H,(H,22,23)(H,24,25)/b20-19+. The first-order chi connectivity index (χ1) is 12.0. The third-order valence-electron chi connectivity index (χ3n) is 3.62. The Morgan fingerprint density at radius 2 is 1.44 bits per heavy atom. The maximum Gasteiger partial charge on any atom is 0.340 e. The molecule has 0 amide bonds. The molecule has 124 valence electrons. The summed E-state index contributed by atoms with van der Waals surface area (Å²) in [5, 5.41) is 37.4. The Labute approximate surface area is 141 Å². The number of benzene rings is 3. The molecule has 25 heavy (non-hydrogen) atoms. The predicted molar refractivity (Wildman–Crippen MR) is 90.1 cm³/mol. The first-order valence-corrected chi connectivity index (χ1v) is 7.21. The summed E-state index contributed by atoms with van der Waals surface area (Å²) in [6, 6.07) is 14.1. The lowest BCUT2D eigenvalue weighted by Crippen LogP contribution is -1.98. The van der Waals surface area contributed by atoms with Crippen LogP contribution in [0.4, 0.5) is 11.4 Å². The Hall–Kier alpha value is -3.74.